The van der Waals surface area contributed by atoms with Crippen molar-refractivity contribution in [2.45, 2.75) is 31.3 Å². The van der Waals surface area contributed by atoms with Gasteiger partial charge in [0, 0.05) is 20.6 Å². The number of aliphatic hydroxyl groups is 1. The topological polar surface area (TPSA) is 72.8 Å². The van der Waals surface area contributed by atoms with Gasteiger partial charge in [0.2, 0.25) is 0 Å². The maximum atomic E-state index is 10.7. The minimum Gasteiger partial charge on any atom is -0.481 e. The maximum absolute atomic E-state index is 10.7. The van der Waals surface area contributed by atoms with Crippen molar-refractivity contribution in [1.29, 1.82) is 0 Å². The zero-order valence-electron chi connectivity index (χ0n) is 9.36. The highest BCUT2D eigenvalue weighted by molar-refractivity contribution is 5.70. The monoisotopic (exact) mass is 216 g/mol. The summed E-state index contributed by atoms with van der Waals surface area (Å²) in [5, 5.41) is 20.8. The van der Waals surface area contributed by atoms with Gasteiger partial charge in [-0.05, 0) is 25.7 Å². The van der Waals surface area contributed by atoms with Crippen LogP contribution in [0.25, 0.3) is 0 Å². The number of aliphatic carboxylic acids is 1. The number of carboxylic acids is 1. The first-order valence-corrected chi connectivity index (χ1v) is 5.29. The zero-order chi connectivity index (χ0) is 11.5. The van der Waals surface area contributed by atoms with Crippen LogP contribution in [0.1, 0.15) is 25.7 Å². The molecule has 5 heteroatoms. The predicted molar refractivity (Wildman–Crippen MR) is 56.2 cm³/mol. The van der Waals surface area contributed by atoms with E-state index in [4.69, 9.17) is 5.11 Å². The number of carboxylic acid groups (broad SMARTS) is 1. The molecule has 1 aliphatic rings. The quantitative estimate of drug-likeness (QED) is 0.579. The third-order valence-corrected chi connectivity index (χ3v) is 2.99. The summed E-state index contributed by atoms with van der Waals surface area (Å²) < 4.78 is 0. The average Bonchev–Trinajstić information content (AvgIpc) is 2.16. The van der Waals surface area contributed by atoms with Crippen LogP contribution in [-0.2, 0) is 4.79 Å². The lowest BCUT2D eigenvalue weighted by Crippen LogP contribution is -2.48. The largest absolute Gasteiger partial charge is 0.481 e. The number of hydrogen-bond donors (Lipinski definition) is 3. The summed E-state index contributed by atoms with van der Waals surface area (Å²) in [5.74, 6) is -1.01. The van der Waals surface area contributed by atoms with Crippen LogP contribution in [0, 0.1) is 5.92 Å². The van der Waals surface area contributed by atoms with Crippen LogP contribution >= 0.6 is 0 Å². The van der Waals surface area contributed by atoms with Gasteiger partial charge in [0.1, 0.15) is 0 Å². The molecule has 0 unspecified atom stereocenters. The van der Waals surface area contributed by atoms with Crippen molar-refractivity contribution in [2.24, 2.45) is 5.92 Å². The van der Waals surface area contributed by atoms with Gasteiger partial charge in [0.15, 0.2) is 0 Å². The van der Waals surface area contributed by atoms with Gasteiger partial charge >= 0.3 is 5.97 Å². The summed E-state index contributed by atoms with van der Waals surface area (Å²) >= 11 is 0. The molecule has 0 aromatic heterocycles. The van der Waals surface area contributed by atoms with Crippen LogP contribution in [0.15, 0.2) is 0 Å². The summed E-state index contributed by atoms with van der Waals surface area (Å²) in [6.45, 7) is 0.492. The van der Waals surface area contributed by atoms with E-state index in [-0.39, 0.29) is 5.92 Å². The van der Waals surface area contributed by atoms with Gasteiger partial charge in [-0.15, -0.1) is 0 Å². The molecule has 1 fully saturated rings. The number of rotatable bonds is 4. The summed E-state index contributed by atoms with van der Waals surface area (Å²) in [6, 6.07) is 0. The van der Waals surface area contributed by atoms with E-state index in [1.54, 1.807) is 5.01 Å². The Kier molecular flexibility index (Phi) is 4.07. The standard InChI is InChI=1S/C10H20N2O3/c1-12(2)11-7-10(15)5-3-8(4-6-10)9(13)14/h8,11,15H,3-7H2,1-2H3,(H,13,14). The molecule has 0 saturated heterocycles. The van der Waals surface area contributed by atoms with Crippen LogP contribution in [0.2, 0.25) is 0 Å². The lowest BCUT2D eigenvalue weighted by atomic mass is 9.79. The average molecular weight is 216 g/mol. The molecule has 1 rings (SSSR count). The van der Waals surface area contributed by atoms with E-state index in [2.05, 4.69) is 5.43 Å². The van der Waals surface area contributed by atoms with Crippen molar-refractivity contribution in [3.05, 3.63) is 0 Å². The van der Waals surface area contributed by atoms with Crippen LogP contribution in [-0.4, -0.2) is 47.4 Å². The second-order valence-electron chi connectivity index (χ2n) is 4.57. The van der Waals surface area contributed by atoms with Gasteiger partial charge in [0.05, 0.1) is 11.5 Å². The number of nitrogens with zero attached hydrogens (tertiary/aromatic N) is 1. The second-order valence-corrected chi connectivity index (χ2v) is 4.57. The van der Waals surface area contributed by atoms with Crippen LogP contribution in [0.5, 0.6) is 0 Å². The molecule has 0 spiro atoms. The molecular formula is C10H20N2O3. The molecule has 15 heavy (non-hydrogen) atoms. The first kappa shape index (κ1) is 12.4. The van der Waals surface area contributed by atoms with E-state index in [0.717, 1.165) is 0 Å². The Balaban J connectivity index is 2.37. The Morgan fingerprint density at radius 1 is 1.47 bits per heavy atom. The third-order valence-electron chi connectivity index (χ3n) is 2.99. The summed E-state index contributed by atoms with van der Waals surface area (Å²) in [7, 11) is 3.73. The van der Waals surface area contributed by atoms with Crippen molar-refractivity contribution in [3.8, 4) is 0 Å². The Morgan fingerprint density at radius 3 is 2.40 bits per heavy atom. The molecule has 0 radical (unpaired) electrons. The smallest absolute Gasteiger partial charge is 0.306 e. The lowest BCUT2D eigenvalue weighted by molar-refractivity contribution is -0.144. The van der Waals surface area contributed by atoms with E-state index in [1.807, 2.05) is 14.1 Å². The molecular weight excluding hydrogens is 196 g/mol. The maximum Gasteiger partial charge on any atom is 0.306 e. The van der Waals surface area contributed by atoms with Crippen molar-refractivity contribution in [1.82, 2.24) is 10.4 Å². The summed E-state index contributed by atoms with van der Waals surface area (Å²) in [5.41, 5.74) is 2.30. The summed E-state index contributed by atoms with van der Waals surface area (Å²) in [6.07, 6.45) is 2.26. The molecule has 0 aromatic carbocycles. The molecule has 5 nitrogen and oxygen atoms in total. The Hall–Kier alpha value is -0.650. The molecule has 0 bridgehead atoms. The van der Waals surface area contributed by atoms with Gasteiger partial charge in [-0.3, -0.25) is 15.2 Å². The van der Waals surface area contributed by atoms with Crippen LogP contribution in [0.3, 0.4) is 0 Å². The van der Waals surface area contributed by atoms with E-state index in [1.165, 1.54) is 0 Å². The van der Waals surface area contributed by atoms with Crippen LogP contribution < -0.4 is 5.43 Å². The number of carbonyl (C=O) groups is 1. The van der Waals surface area contributed by atoms with Crippen molar-refractivity contribution in [3.63, 3.8) is 0 Å². The molecule has 1 saturated carbocycles. The predicted octanol–water partition coefficient (Wildman–Crippen LogP) is 0.0585. The first-order valence-electron chi connectivity index (χ1n) is 5.29. The third kappa shape index (κ3) is 3.77. The Bertz CT molecular complexity index is 223. The SMILES string of the molecule is CN(C)NCC1(O)CCC(C(=O)O)CC1. The fraction of sp³-hybridized carbons (Fsp3) is 0.900. The van der Waals surface area contributed by atoms with E-state index < -0.39 is 11.6 Å². The molecule has 0 heterocycles. The lowest BCUT2D eigenvalue weighted by Gasteiger charge is -2.35. The van der Waals surface area contributed by atoms with Gasteiger partial charge < -0.3 is 10.2 Å². The second kappa shape index (κ2) is 4.92. The van der Waals surface area contributed by atoms with Crippen molar-refractivity contribution < 1.29 is 15.0 Å². The Labute approximate surface area is 90.0 Å². The van der Waals surface area contributed by atoms with Crippen molar-refractivity contribution >= 4 is 5.97 Å². The fourth-order valence-corrected chi connectivity index (χ4v) is 1.88. The van der Waals surface area contributed by atoms with E-state index >= 15 is 0 Å². The van der Waals surface area contributed by atoms with Gasteiger partial charge in [-0.25, -0.2) is 0 Å². The van der Waals surface area contributed by atoms with Crippen molar-refractivity contribution in [2.75, 3.05) is 20.6 Å². The highest BCUT2D eigenvalue weighted by Crippen LogP contribution is 2.31. The molecule has 3 N–H and O–H groups in total. The molecule has 0 amide bonds. The van der Waals surface area contributed by atoms with Gasteiger partial charge in [0.25, 0.3) is 0 Å². The van der Waals surface area contributed by atoms with Crippen LogP contribution in [0.4, 0.5) is 0 Å². The van der Waals surface area contributed by atoms with E-state index in [0.29, 0.717) is 32.2 Å². The van der Waals surface area contributed by atoms with E-state index in [9.17, 15) is 9.90 Å². The molecule has 0 aromatic rings. The minimum absolute atomic E-state index is 0.273. The summed E-state index contributed by atoms with van der Waals surface area (Å²) in [4.78, 5) is 10.7. The fourth-order valence-electron chi connectivity index (χ4n) is 1.88. The molecule has 1 aliphatic carbocycles. The number of nitrogens with one attached hydrogen (secondary N) is 1. The van der Waals surface area contributed by atoms with Gasteiger partial charge in [-0.2, -0.15) is 0 Å². The highest BCUT2D eigenvalue weighted by atomic mass is 16.4. The normalized spacial score (nSPS) is 31.9. The zero-order valence-corrected chi connectivity index (χ0v) is 9.36. The van der Waals surface area contributed by atoms with Gasteiger partial charge in [-0.1, -0.05) is 0 Å². The number of hydrazine groups is 1. The minimum atomic E-state index is -0.740. The molecule has 88 valence electrons. The first-order chi connectivity index (χ1) is 6.93. The Morgan fingerprint density at radius 2 is 2.00 bits per heavy atom. The molecule has 0 atom stereocenters. The molecule has 0 aliphatic heterocycles. The highest BCUT2D eigenvalue weighted by Gasteiger charge is 2.35. The number of hydrogen-bond acceptors (Lipinski definition) is 4.